The van der Waals surface area contributed by atoms with Crippen molar-refractivity contribution < 1.29 is 19.4 Å². The van der Waals surface area contributed by atoms with Crippen LogP contribution in [0.25, 0.3) is 0 Å². The van der Waals surface area contributed by atoms with E-state index >= 15 is 0 Å². The third kappa shape index (κ3) is 3.45. The van der Waals surface area contributed by atoms with Crippen LogP contribution in [0.4, 0.5) is 0 Å². The number of carbonyl (C=O) groups is 2. The van der Waals surface area contributed by atoms with E-state index in [1.165, 1.54) is 20.1 Å². The molecule has 4 heteroatoms. The molecule has 0 fully saturated rings. The van der Waals surface area contributed by atoms with E-state index in [-0.39, 0.29) is 5.57 Å². The molecule has 0 aliphatic rings. The van der Waals surface area contributed by atoms with Crippen molar-refractivity contribution in [3.63, 3.8) is 0 Å². The Balaban J connectivity index is 3.04. The molecule has 0 radical (unpaired) electrons. The number of benzene rings is 1. The fourth-order valence-electron chi connectivity index (χ4n) is 1.45. The van der Waals surface area contributed by atoms with Crippen LogP contribution in [0.1, 0.15) is 18.4 Å². The summed E-state index contributed by atoms with van der Waals surface area (Å²) in [6.07, 6.45) is 1.39. The summed E-state index contributed by atoms with van der Waals surface area (Å²) in [4.78, 5) is 22.4. The summed E-state index contributed by atoms with van der Waals surface area (Å²) in [5.41, 5.74) is 0.909. The van der Waals surface area contributed by atoms with Crippen molar-refractivity contribution in [2.45, 2.75) is 12.8 Å². The van der Waals surface area contributed by atoms with Gasteiger partial charge in [-0.15, -0.1) is 0 Å². The van der Waals surface area contributed by atoms with Crippen LogP contribution in [0, 0.1) is 0 Å². The number of carboxylic acid groups (broad SMARTS) is 1. The Bertz CT molecular complexity index is 434. The minimum atomic E-state index is -1.00. The smallest absolute Gasteiger partial charge is 0.333 e. The third-order valence-corrected chi connectivity index (χ3v) is 2.35. The molecule has 0 bridgehead atoms. The van der Waals surface area contributed by atoms with Crippen LogP contribution in [-0.4, -0.2) is 24.2 Å². The Hall–Kier alpha value is -2.10. The predicted octanol–water partition coefficient (Wildman–Crippen LogP) is 1.97. The number of hydrogen-bond donors (Lipinski definition) is 1. The minimum Gasteiger partial charge on any atom is -0.481 e. The maximum absolute atomic E-state index is 11.2. The summed E-state index contributed by atoms with van der Waals surface area (Å²) >= 11 is 0. The maximum atomic E-state index is 11.2. The lowest BCUT2D eigenvalue weighted by atomic mass is 9.97. The summed E-state index contributed by atoms with van der Waals surface area (Å²) in [5.74, 6) is -2.36. The molecule has 0 aliphatic heterocycles. The van der Waals surface area contributed by atoms with Gasteiger partial charge in [-0.05, 0) is 12.5 Å². The van der Waals surface area contributed by atoms with Gasteiger partial charge in [-0.2, -0.15) is 0 Å². The second-order valence-corrected chi connectivity index (χ2v) is 3.57. The highest BCUT2D eigenvalue weighted by atomic mass is 16.5. The van der Waals surface area contributed by atoms with Crippen LogP contribution in [0.2, 0.25) is 0 Å². The van der Waals surface area contributed by atoms with Gasteiger partial charge in [0.2, 0.25) is 0 Å². The van der Waals surface area contributed by atoms with E-state index in [9.17, 15) is 9.59 Å². The van der Waals surface area contributed by atoms with E-state index in [0.29, 0.717) is 5.56 Å². The normalized spacial score (nSPS) is 12.9. The Kier molecular flexibility index (Phi) is 4.46. The van der Waals surface area contributed by atoms with E-state index in [1.807, 2.05) is 0 Å². The lowest BCUT2D eigenvalue weighted by molar-refractivity contribution is -0.137. The van der Waals surface area contributed by atoms with Crippen LogP contribution in [-0.2, 0) is 14.3 Å². The molecule has 0 heterocycles. The number of ether oxygens (including phenoxy) is 1. The fraction of sp³-hybridized carbons (Fsp3) is 0.231. The Morgan fingerprint density at radius 2 is 1.88 bits per heavy atom. The van der Waals surface area contributed by atoms with Crippen molar-refractivity contribution in [3.05, 3.63) is 47.5 Å². The molecule has 0 spiro atoms. The van der Waals surface area contributed by atoms with E-state index in [2.05, 4.69) is 4.74 Å². The standard InChI is InChI=1S/C13H14O4/c1-9(13(16)17-2)8-11(12(14)15)10-6-4-3-5-7-10/h3-8,11H,1-2H3,(H,14,15). The molecule has 0 aliphatic carbocycles. The van der Waals surface area contributed by atoms with E-state index < -0.39 is 17.9 Å². The highest BCUT2D eigenvalue weighted by molar-refractivity contribution is 5.89. The predicted molar refractivity (Wildman–Crippen MR) is 62.6 cm³/mol. The maximum Gasteiger partial charge on any atom is 0.333 e. The number of hydrogen-bond acceptors (Lipinski definition) is 3. The van der Waals surface area contributed by atoms with Gasteiger partial charge >= 0.3 is 11.9 Å². The first kappa shape index (κ1) is 13.0. The number of rotatable bonds is 4. The minimum absolute atomic E-state index is 0.281. The van der Waals surface area contributed by atoms with Crippen LogP contribution in [0.5, 0.6) is 0 Å². The van der Waals surface area contributed by atoms with Gasteiger partial charge in [-0.25, -0.2) is 4.79 Å². The summed E-state index contributed by atoms with van der Waals surface area (Å²) in [7, 11) is 1.26. The molecule has 4 nitrogen and oxygen atoms in total. The first-order chi connectivity index (χ1) is 8.06. The molecule has 1 atom stereocenters. The van der Waals surface area contributed by atoms with Crippen molar-refractivity contribution in [1.82, 2.24) is 0 Å². The van der Waals surface area contributed by atoms with Crippen molar-refractivity contribution in [3.8, 4) is 0 Å². The average Bonchev–Trinajstić information content (AvgIpc) is 2.35. The van der Waals surface area contributed by atoms with Gasteiger partial charge in [-0.1, -0.05) is 36.4 Å². The second kappa shape index (κ2) is 5.84. The Labute approximate surface area is 99.5 Å². The SMILES string of the molecule is COC(=O)C(C)=CC(C(=O)O)c1ccccc1. The molecule has 0 saturated carbocycles. The molecule has 1 aromatic rings. The van der Waals surface area contributed by atoms with E-state index in [1.54, 1.807) is 30.3 Å². The van der Waals surface area contributed by atoms with Crippen LogP contribution >= 0.6 is 0 Å². The molecular formula is C13H14O4. The van der Waals surface area contributed by atoms with E-state index in [4.69, 9.17) is 5.11 Å². The molecule has 17 heavy (non-hydrogen) atoms. The van der Waals surface area contributed by atoms with Gasteiger partial charge in [-0.3, -0.25) is 4.79 Å². The molecule has 1 unspecified atom stereocenters. The summed E-state index contributed by atoms with van der Waals surface area (Å²) in [5, 5.41) is 9.13. The highest BCUT2D eigenvalue weighted by Gasteiger charge is 2.18. The summed E-state index contributed by atoms with van der Waals surface area (Å²) in [6, 6.07) is 8.73. The van der Waals surface area contributed by atoms with Crippen molar-refractivity contribution in [2.24, 2.45) is 0 Å². The van der Waals surface area contributed by atoms with Gasteiger partial charge in [0.05, 0.1) is 7.11 Å². The van der Waals surface area contributed by atoms with Crippen molar-refractivity contribution in [1.29, 1.82) is 0 Å². The molecule has 1 N–H and O–H groups in total. The number of methoxy groups -OCH3 is 1. The quantitative estimate of drug-likeness (QED) is 0.639. The van der Waals surface area contributed by atoms with Crippen LogP contribution in [0.15, 0.2) is 42.0 Å². The molecule has 90 valence electrons. The zero-order valence-electron chi connectivity index (χ0n) is 9.71. The first-order valence-electron chi connectivity index (χ1n) is 5.10. The molecule has 0 aromatic heterocycles. The topological polar surface area (TPSA) is 63.6 Å². The molecule has 1 aromatic carbocycles. The third-order valence-electron chi connectivity index (χ3n) is 2.35. The second-order valence-electron chi connectivity index (χ2n) is 3.57. The number of aliphatic carboxylic acids is 1. The number of esters is 1. The van der Waals surface area contributed by atoms with Crippen LogP contribution < -0.4 is 0 Å². The number of carboxylic acids is 1. The van der Waals surface area contributed by atoms with Crippen molar-refractivity contribution >= 4 is 11.9 Å². The van der Waals surface area contributed by atoms with Gasteiger partial charge in [0.1, 0.15) is 5.92 Å². The number of carbonyl (C=O) groups excluding carboxylic acids is 1. The van der Waals surface area contributed by atoms with Crippen molar-refractivity contribution in [2.75, 3.05) is 7.11 Å². The van der Waals surface area contributed by atoms with Crippen LogP contribution in [0.3, 0.4) is 0 Å². The van der Waals surface area contributed by atoms with Gasteiger partial charge in [0.15, 0.2) is 0 Å². The largest absolute Gasteiger partial charge is 0.481 e. The molecule has 0 amide bonds. The summed E-state index contributed by atoms with van der Waals surface area (Å²) < 4.78 is 4.53. The Morgan fingerprint density at radius 3 is 2.35 bits per heavy atom. The molecular weight excluding hydrogens is 220 g/mol. The zero-order chi connectivity index (χ0) is 12.8. The average molecular weight is 234 g/mol. The lowest BCUT2D eigenvalue weighted by Crippen LogP contribution is -2.12. The zero-order valence-corrected chi connectivity index (χ0v) is 9.71. The summed E-state index contributed by atoms with van der Waals surface area (Å²) in [6.45, 7) is 1.53. The Morgan fingerprint density at radius 1 is 1.29 bits per heavy atom. The lowest BCUT2D eigenvalue weighted by Gasteiger charge is -2.09. The van der Waals surface area contributed by atoms with Gasteiger partial charge < -0.3 is 9.84 Å². The first-order valence-corrected chi connectivity index (χ1v) is 5.10. The van der Waals surface area contributed by atoms with E-state index in [0.717, 1.165) is 0 Å². The highest BCUT2D eigenvalue weighted by Crippen LogP contribution is 2.19. The van der Waals surface area contributed by atoms with Gasteiger partial charge in [0, 0.05) is 5.57 Å². The molecule has 1 rings (SSSR count). The fourth-order valence-corrected chi connectivity index (χ4v) is 1.45. The monoisotopic (exact) mass is 234 g/mol. The molecule has 0 saturated heterocycles. The van der Waals surface area contributed by atoms with Gasteiger partial charge in [0.25, 0.3) is 0 Å².